The molecular weight excluding hydrogens is 392 g/mol. The van der Waals surface area contributed by atoms with Crippen molar-refractivity contribution >= 4 is 27.7 Å². The van der Waals surface area contributed by atoms with Crippen LogP contribution in [0.1, 0.15) is 31.8 Å². The van der Waals surface area contributed by atoms with E-state index in [0.29, 0.717) is 17.5 Å². The number of hydrogen-bond acceptors (Lipinski definition) is 3. The molecule has 0 bridgehead atoms. The predicted octanol–water partition coefficient (Wildman–Crippen LogP) is 5.08. The molecule has 0 aliphatic carbocycles. The van der Waals surface area contributed by atoms with Gasteiger partial charge in [-0.3, -0.25) is 4.79 Å². The molecule has 0 aromatic heterocycles. The van der Waals surface area contributed by atoms with E-state index < -0.39 is 5.97 Å². The minimum absolute atomic E-state index is 0.236. The fourth-order valence-corrected chi connectivity index (χ4v) is 3.04. The van der Waals surface area contributed by atoms with Gasteiger partial charge in [0.2, 0.25) is 0 Å². The van der Waals surface area contributed by atoms with Gasteiger partial charge in [-0.1, -0.05) is 76.6 Å². The number of carbonyl (C=O) groups is 2. The Balaban J connectivity index is 1.69. The molecule has 0 N–H and O–H groups in total. The second-order valence-corrected chi connectivity index (χ2v) is 6.74. The van der Waals surface area contributed by atoms with Crippen LogP contribution in [0.3, 0.4) is 0 Å². The third-order valence-electron chi connectivity index (χ3n) is 3.96. The van der Waals surface area contributed by atoms with E-state index in [1.54, 1.807) is 30.3 Å². The molecule has 0 unspecified atom stereocenters. The molecule has 0 atom stereocenters. The first-order chi connectivity index (χ1) is 12.6. The van der Waals surface area contributed by atoms with Crippen molar-refractivity contribution < 1.29 is 14.3 Å². The number of halogens is 1. The quantitative estimate of drug-likeness (QED) is 0.421. The van der Waals surface area contributed by atoms with Gasteiger partial charge < -0.3 is 4.74 Å². The Morgan fingerprint density at radius 1 is 0.846 bits per heavy atom. The van der Waals surface area contributed by atoms with E-state index in [-0.39, 0.29) is 12.4 Å². The lowest BCUT2D eigenvalue weighted by Gasteiger charge is -2.10. The molecule has 0 saturated heterocycles. The average molecular weight is 409 g/mol. The highest BCUT2D eigenvalue weighted by atomic mass is 79.9. The summed E-state index contributed by atoms with van der Waals surface area (Å²) >= 11 is 3.33. The number of esters is 1. The van der Waals surface area contributed by atoms with E-state index in [4.69, 9.17) is 4.74 Å². The van der Waals surface area contributed by atoms with Crippen LogP contribution in [-0.2, 0) is 11.2 Å². The average Bonchev–Trinajstić information content (AvgIpc) is 2.67. The number of benzene rings is 3. The van der Waals surface area contributed by atoms with E-state index in [0.717, 1.165) is 15.6 Å². The first-order valence-corrected chi connectivity index (χ1v) is 9.00. The number of ether oxygens (including phenoxy) is 1. The summed E-state index contributed by atoms with van der Waals surface area (Å²) in [7, 11) is 0. The number of carbonyl (C=O) groups excluding carboxylic acids is 2. The van der Waals surface area contributed by atoms with Gasteiger partial charge in [-0.25, -0.2) is 4.79 Å². The molecule has 0 aliphatic rings. The smallest absolute Gasteiger partial charge is 0.338 e. The molecule has 0 spiro atoms. The van der Waals surface area contributed by atoms with Crippen molar-refractivity contribution in [2.75, 3.05) is 6.61 Å². The van der Waals surface area contributed by atoms with Crippen molar-refractivity contribution in [3.05, 3.63) is 106 Å². The van der Waals surface area contributed by atoms with Crippen molar-refractivity contribution in [1.29, 1.82) is 0 Å². The molecule has 0 radical (unpaired) electrons. The lowest BCUT2D eigenvalue weighted by atomic mass is 10.00. The molecule has 4 heteroatoms. The normalized spacial score (nSPS) is 10.3. The molecule has 3 nitrogen and oxygen atoms in total. The van der Waals surface area contributed by atoms with Crippen molar-refractivity contribution in [1.82, 2.24) is 0 Å². The fourth-order valence-electron chi connectivity index (χ4n) is 2.64. The lowest BCUT2D eigenvalue weighted by Crippen LogP contribution is -2.15. The summed E-state index contributed by atoms with van der Waals surface area (Å²) in [4.78, 5) is 24.7. The van der Waals surface area contributed by atoms with Crippen LogP contribution in [0.5, 0.6) is 0 Å². The third-order valence-corrected chi connectivity index (χ3v) is 4.45. The SMILES string of the molecule is O=C(COC(=O)c1ccccc1Cc1ccccc1)c1cccc(Br)c1. The van der Waals surface area contributed by atoms with Gasteiger partial charge in [0.1, 0.15) is 0 Å². The van der Waals surface area contributed by atoms with Crippen molar-refractivity contribution in [3.8, 4) is 0 Å². The van der Waals surface area contributed by atoms with Gasteiger partial charge in [0.25, 0.3) is 0 Å². The maximum atomic E-state index is 12.5. The largest absolute Gasteiger partial charge is 0.454 e. The summed E-state index contributed by atoms with van der Waals surface area (Å²) < 4.78 is 6.07. The Kier molecular flexibility index (Phi) is 5.97. The highest BCUT2D eigenvalue weighted by Crippen LogP contribution is 2.16. The number of Topliss-reactive ketones (excluding diaryl/α,β-unsaturated/α-hetero) is 1. The second kappa shape index (κ2) is 8.59. The summed E-state index contributed by atoms with van der Waals surface area (Å²) in [6, 6.07) is 24.2. The van der Waals surface area contributed by atoms with Crippen LogP contribution >= 0.6 is 15.9 Å². The predicted molar refractivity (Wildman–Crippen MR) is 104 cm³/mol. The summed E-state index contributed by atoms with van der Waals surface area (Å²) in [5, 5.41) is 0. The summed E-state index contributed by atoms with van der Waals surface area (Å²) in [6.45, 7) is -0.283. The van der Waals surface area contributed by atoms with Crippen molar-refractivity contribution in [2.24, 2.45) is 0 Å². The van der Waals surface area contributed by atoms with Gasteiger partial charge in [0, 0.05) is 10.0 Å². The summed E-state index contributed by atoms with van der Waals surface area (Å²) in [5.74, 6) is -0.722. The topological polar surface area (TPSA) is 43.4 Å². The Morgan fingerprint density at radius 3 is 2.35 bits per heavy atom. The summed E-state index contributed by atoms with van der Waals surface area (Å²) in [5.41, 5.74) is 2.97. The second-order valence-electron chi connectivity index (χ2n) is 5.83. The van der Waals surface area contributed by atoms with Crippen LogP contribution in [0.25, 0.3) is 0 Å². The zero-order valence-corrected chi connectivity index (χ0v) is 15.6. The molecule has 0 fully saturated rings. The van der Waals surface area contributed by atoms with E-state index in [1.807, 2.05) is 48.5 Å². The number of rotatable bonds is 6. The first kappa shape index (κ1) is 18.1. The number of ketones is 1. The molecule has 3 aromatic rings. The molecular formula is C22H17BrO3. The summed E-state index contributed by atoms with van der Waals surface area (Å²) in [6.07, 6.45) is 0.631. The van der Waals surface area contributed by atoms with Gasteiger partial charge in [0.05, 0.1) is 5.56 Å². The van der Waals surface area contributed by atoms with Crippen LogP contribution < -0.4 is 0 Å². The van der Waals surface area contributed by atoms with Crippen LogP contribution in [0.2, 0.25) is 0 Å². The van der Waals surface area contributed by atoms with Gasteiger partial charge in [-0.2, -0.15) is 0 Å². The molecule has 0 saturated carbocycles. The minimum Gasteiger partial charge on any atom is -0.454 e. The highest BCUT2D eigenvalue weighted by molar-refractivity contribution is 9.10. The zero-order chi connectivity index (χ0) is 18.4. The lowest BCUT2D eigenvalue weighted by molar-refractivity contribution is 0.0474. The maximum absolute atomic E-state index is 12.5. The van der Waals surface area contributed by atoms with Gasteiger partial charge in [0.15, 0.2) is 12.4 Å². The van der Waals surface area contributed by atoms with Crippen LogP contribution in [0.15, 0.2) is 83.3 Å². The first-order valence-electron chi connectivity index (χ1n) is 8.21. The van der Waals surface area contributed by atoms with Crippen molar-refractivity contribution in [2.45, 2.75) is 6.42 Å². The zero-order valence-electron chi connectivity index (χ0n) is 14.0. The Labute approximate surface area is 160 Å². The number of hydrogen-bond donors (Lipinski definition) is 0. The van der Waals surface area contributed by atoms with Crippen LogP contribution in [-0.4, -0.2) is 18.4 Å². The van der Waals surface area contributed by atoms with Crippen LogP contribution in [0.4, 0.5) is 0 Å². The Morgan fingerprint density at radius 2 is 1.58 bits per heavy atom. The molecule has 130 valence electrons. The Bertz CT molecular complexity index is 919. The highest BCUT2D eigenvalue weighted by Gasteiger charge is 2.15. The maximum Gasteiger partial charge on any atom is 0.338 e. The fraction of sp³-hybridized carbons (Fsp3) is 0.0909. The van der Waals surface area contributed by atoms with E-state index in [2.05, 4.69) is 15.9 Å². The molecule has 26 heavy (non-hydrogen) atoms. The Hall–Kier alpha value is -2.72. The minimum atomic E-state index is -0.486. The third kappa shape index (κ3) is 4.67. The van der Waals surface area contributed by atoms with E-state index in [9.17, 15) is 9.59 Å². The molecule has 0 amide bonds. The van der Waals surface area contributed by atoms with E-state index in [1.165, 1.54) is 0 Å². The van der Waals surface area contributed by atoms with Crippen molar-refractivity contribution in [3.63, 3.8) is 0 Å². The monoisotopic (exact) mass is 408 g/mol. The molecule has 3 aromatic carbocycles. The van der Waals surface area contributed by atoms with Gasteiger partial charge >= 0.3 is 5.97 Å². The van der Waals surface area contributed by atoms with Gasteiger partial charge in [-0.15, -0.1) is 0 Å². The van der Waals surface area contributed by atoms with E-state index >= 15 is 0 Å². The molecule has 3 rings (SSSR count). The molecule has 0 heterocycles. The molecule has 0 aliphatic heterocycles. The van der Waals surface area contributed by atoms with Crippen LogP contribution in [0, 0.1) is 0 Å². The van der Waals surface area contributed by atoms with Gasteiger partial charge in [-0.05, 0) is 35.7 Å². The standard InChI is InChI=1S/C22H17BrO3/c23-19-11-6-10-18(14-19)21(24)15-26-22(25)20-12-5-4-9-17(20)13-16-7-2-1-3-8-16/h1-12,14H,13,15H2.